The zero-order valence-corrected chi connectivity index (χ0v) is 15.2. The van der Waals surface area contributed by atoms with E-state index in [2.05, 4.69) is 6.07 Å². The molecule has 0 bridgehead atoms. The lowest BCUT2D eigenvalue weighted by Gasteiger charge is -2.23. The van der Waals surface area contributed by atoms with Crippen LogP contribution in [0.3, 0.4) is 0 Å². The molecule has 5 nitrogen and oxygen atoms in total. The zero-order chi connectivity index (χ0) is 18.8. The fraction of sp³-hybridized carbons (Fsp3) is 0.273. The van der Waals surface area contributed by atoms with E-state index < -0.39 is 0 Å². The second-order valence-corrected chi connectivity index (χ2v) is 6.83. The molecule has 2 aromatic carbocycles. The van der Waals surface area contributed by atoms with Crippen LogP contribution in [0.4, 0.5) is 5.69 Å². The van der Waals surface area contributed by atoms with E-state index in [-0.39, 0.29) is 18.1 Å². The number of hydrogen-bond donors (Lipinski definition) is 0. The first kappa shape index (κ1) is 17.3. The molecular formula is C22H21NO4. The molecule has 0 atom stereocenters. The summed E-state index contributed by atoms with van der Waals surface area (Å²) in [4.78, 5) is 26.1. The summed E-state index contributed by atoms with van der Waals surface area (Å²) in [6.07, 6.45) is 3.06. The van der Waals surface area contributed by atoms with E-state index in [9.17, 15) is 9.59 Å². The second-order valence-electron chi connectivity index (χ2n) is 6.83. The van der Waals surface area contributed by atoms with Crippen molar-refractivity contribution < 1.29 is 13.9 Å². The number of anilines is 1. The molecule has 1 aromatic heterocycles. The number of fused-ring (bicyclic) bond motifs is 2. The molecule has 0 saturated heterocycles. The van der Waals surface area contributed by atoms with Gasteiger partial charge in [0.15, 0.2) is 6.61 Å². The van der Waals surface area contributed by atoms with Crippen molar-refractivity contribution in [2.24, 2.45) is 0 Å². The van der Waals surface area contributed by atoms with Gasteiger partial charge in [0.1, 0.15) is 11.3 Å². The van der Waals surface area contributed by atoms with Crippen LogP contribution in [0, 0.1) is 6.92 Å². The van der Waals surface area contributed by atoms with Gasteiger partial charge in [0.25, 0.3) is 5.91 Å². The lowest BCUT2D eigenvalue weighted by Crippen LogP contribution is -2.35. The minimum absolute atomic E-state index is 0.0321. The molecule has 3 aromatic rings. The molecule has 0 unspecified atom stereocenters. The summed E-state index contributed by atoms with van der Waals surface area (Å²) >= 11 is 0. The van der Waals surface area contributed by atoms with Crippen molar-refractivity contribution >= 4 is 22.6 Å². The standard InChI is InChI=1S/C22H21NO4/c1-15-12-22(25)27-20-10-9-17(13-18(15)20)26-14-21(24)23-11-5-4-7-16-6-2-3-8-19(16)23/h2-3,6,8-10,12-13H,4-5,7,11,14H2,1H3. The number of carbonyl (C=O) groups excluding carboxylic acids is 1. The van der Waals surface area contributed by atoms with Gasteiger partial charge in [0, 0.05) is 23.7 Å². The fourth-order valence-electron chi connectivity index (χ4n) is 3.56. The second kappa shape index (κ2) is 7.27. The summed E-state index contributed by atoms with van der Waals surface area (Å²) < 4.78 is 10.9. The maximum atomic E-state index is 12.8. The van der Waals surface area contributed by atoms with Gasteiger partial charge in [0.2, 0.25) is 0 Å². The number of rotatable bonds is 3. The van der Waals surface area contributed by atoms with Crippen LogP contribution in [-0.4, -0.2) is 19.1 Å². The molecule has 4 rings (SSSR count). The molecule has 1 amide bonds. The van der Waals surface area contributed by atoms with Crippen molar-refractivity contribution in [2.75, 3.05) is 18.1 Å². The third-order valence-corrected chi connectivity index (χ3v) is 4.94. The first-order chi connectivity index (χ1) is 13.1. The van der Waals surface area contributed by atoms with Crippen LogP contribution in [0.2, 0.25) is 0 Å². The zero-order valence-electron chi connectivity index (χ0n) is 15.2. The smallest absolute Gasteiger partial charge is 0.336 e. The Labute approximate surface area is 157 Å². The van der Waals surface area contributed by atoms with Crippen LogP contribution in [-0.2, 0) is 11.2 Å². The molecule has 1 aliphatic rings. The number of nitrogens with zero attached hydrogens (tertiary/aromatic N) is 1. The molecule has 0 fully saturated rings. The highest BCUT2D eigenvalue weighted by atomic mass is 16.5. The van der Waals surface area contributed by atoms with E-state index in [4.69, 9.17) is 9.15 Å². The highest BCUT2D eigenvalue weighted by Gasteiger charge is 2.21. The van der Waals surface area contributed by atoms with Gasteiger partial charge in [0.05, 0.1) is 0 Å². The Bertz CT molecular complexity index is 1050. The van der Waals surface area contributed by atoms with Gasteiger partial charge in [-0.2, -0.15) is 0 Å². The average molecular weight is 363 g/mol. The van der Waals surface area contributed by atoms with Crippen molar-refractivity contribution in [1.29, 1.82) is 0 Å². The normalized spacial score (nSPS) is 13.9. The van der Waals surface area contributed by atoms with Gasteiger partial charge >= 0.3 is 5.63 Å². The van der Waals surface area contributed by atoms with Gasteiger partial charge in [-0.05, 0) is 61.6 Å². The number of amides is 1. The minimum Gasteiger partial charge on any atom is -0.484 e. The van der Waals surface area contributed by atoms with E-state index in [1.807, 2.05) is 30.0 Å². The summed E-state index contributed by atoms with van der Waals surface area (Å²) in [5, 5.41) is 0.805. The molecule has 0 radical (unpaired) electrons. The van der Waals surface area contributed by atoms with Gasteiger partial charge in [-0.1, -0.05) is 18.2 Å². The summed E-state index contributed by atoms with van der Waals surface area (Å²) in [5.74, 6) is 0.525. The Kier molecular flexibility index (Phi) is 4.67. The lowest BCUT2D eigenvalue weighted by atomic mass is 10.1. The molecule has 0 saturated carbocycles. The molecule has 1 aliphatic heterocycles. The molecule has 0 aliphatic carbocycles. The van der Waals surface area contributed by atoms with Crippen molar-refractivity contribution in [3.63, 3.8) is 0 Å². The highest BCUT2D eigenvalue weighted by molar-refractivity contribution is 5.95. The van der Waals surface area contributed by atoms with Crippen molar-refractivity contribution in [1.82, 2.24) is 0 Å². The number of aryl methyl sites for hydroxylation is 2. The van der Waals surface area contributed by atoms with Crippen LogP contribution in [0.25, 0.3) is 11.0 Å². The largest absolute Gasteiger partial charge is 0.484 e. The van der Waals surface area contributed by atoms with Crippen LogP contribution in [0.1, 0.15) is 24.0 Å². The summed E-state index contributed by atoms with van der Waals surface area (Å²) in [7, 11) is 0. The van der Waals surface area contributed by atoms with Crippen LogP contribution in [0.15, 0.2) is 57.7 Å². The van der Waals surface area contributed by atoms with Gasteiger partial charge in [-0.15, -0.1) is 0 Å². The topological polar surface area (TPSA) is 59.8 Å². The third kappa shape index (κ3) is 3.58. The molecule has 0 spiro atoms. The predicted octanol–water partition coefficient (Wildman–Crippen LogP) is 3.85. The molecular weight excluding hydrogens is 342 g/mol. The Morgan fingerprint density at radius 3 is 2.89 bits per heavy atom. The Balaban J connectivity index is 1.53. The van der Waals surface area contributed by atoms with E-state index in [1.54, 1.807) is 18.2 Å². The van der Waals surface area contributed by atoms with Gasteiger partial charge < -0.3 is 14.1 Å². The third-order valence-electron chi connectivity index (χ3n) is 4.94. The molecule has 2 heterocycles. The van der Waals surface area contributed by atoms with E-state index in [0.717, 1.165) is 35.9 Å². The Morgan fingerprint density at radius 2 is 2.00 bits per heavy atom. The van der Waals surface area contributed by atoms with E-state index >= 15 is 0 Å². The fourth-order valence-corrected chi connectivity index (χ4v) is 3.56. The number of carbonyl (C=O) groups is 1. The number of ether oxygens (including phenoxy) is 1. The Hall–Kier alpha value is -3.08. The van der Waals surface area contributed by atoms with Crippen molar-refractivity contribution in [2.45, 2.75) is 26.2 Å². The molecule has 27 heavy (non-hydrogen) atoms. The first-order valence-corrected chi connectivity index (χ1v) is 9.17. The van der Waals surface area contributed by atoms with Crippen LogP contribution < -0.4 is 15.3 Å². The van der Waals surface area contributed by atoms with Gasteiger partial charge in [-0.25, -0.2) is 4.79 Å². The summed E-state index contributed by atoms with van der Waals surface area (Å²) in [6.45, 7) is 2.53. The monoisotopic (exact) mass is 363 g/mol. The van der Waals surface area contributed by atoms with Crippen LogP contribution >= 0.6 is 0 Å². The van der Waals surface area contributed by atoms with Crippen molar-refractivity contribution in [3.8, 4) is 5.75 Å². The lowest BCUT2D eigenvalue weighted by molar-refractivity contribution is -0.120. The molecule has 138 valence electrons. The quantitative estimate of drug-likeness (QED) is 0.663. The number of hydrogen-bond acceptors (Lipinski definition) is 4. The highest BCUT2D eigenvalue weighted by Crippen LogP contribution is 2.27. The summed E-state index contributed by atoms with van der Waals surface area (Å²) in [6, 6.07) is 14.7. The molecule has 5 heteroatoms. The average Bonchev–Trinajstić information content (AvgIpc) is 2.89. The van der Waals surface area contributed by atoms with E-state index in [1.165, 1.54) is 11.6 Å². The predicted molar refractivity (Wildman–Crippen MR) is 104 cm³/mol. The number of benzene rings is 2. The van der Waals surface area contributed by atoms with Crippen molar-refractivity contribution in [3.05, 3.63) is 70.1 Å². The molecule has 0 N–H and O–H groups in total. The summed E-state index contributed by atoms with van der Waals surface area (Å²) in [5.41, 5.74) is 3.16. The minimum atomic E-state index is -0.372. The SMILES string of the molecule is Cc1cc(=O)oc2ccc(OCC(=O)N3CCCCc4ccccc43)cc12. The first-order valence-electron chi connectivity index (χ1n) is 9.17. The van der Waals surface area contributed by atoms with E-state index in [0.29, 0.717) is 17.9 Å². The maximum absolute atomic E-state index is 12.8. The van der Waals surface area contributed by atoms with Crippen LogP contribution in [0.5, 0.6) is 5.75 Å². The number of para-hydroxylation sites is 1. The Morgan fingerprint density at radius 1 is 1.15 bits per heavy atom. The van der Waals surface area contributed by atoms with Gasteiger partial charge in [-0.3, -0.25) is 4.79 Å². The maximum Gasteiger partial charge on any atom is 0.336 e.